The summed E-state index contributed by atoms with van der Waals surface area (Å²) < 4.78 is 13.9. The summed E-state index contributed by atoms with van der Waals surface area (Å²) in [6.45, 7) is 2.78. The molecule has 2 aromatic carbocycles. The van der Waals surface area contributed by atoms with Gasteiger partial charge < -0.3 is 16.0 Å². The Morgan fingerprint density at radius 3 is 2.48 bits per heavy atom. The average molecular weight is 369 g/mol. The van der Waals surface area contributed by atoms with Crippen LogP contribution in [0.15, 0.2) is 36.4 Å². The highest BCUT2D eigenvalue weighted by Gasteiger charge is 2.20. The lowest BCUT2D eigenvalue weighted by molar-refractivity contribution is -0.128. The second-order valence-electron chi connectivity index (χ2n) is 6.56. The maximum absolute atomic E-state index is 13.9. The zero-order valence-corrected chi connectivity index (χ0v) is 14.9. The molecule has 1 fully saturated rings. The molecular formula is C20H20FN3O3. The molecule has 3 N–H and O–H groups in total. The van der Waals surface area contributed by atoms with Crippen molar-refractivity contribution >= 4 is 23.4 Å². The van der Waals surface area contributed by atoms with Gasteiger partial charge in [0.15, 0.2) is 0 Å². The molecule has 27 heavy (non-hydrogen) atoms. The highest BCUT2D eigenvalue weighted by Crippen LogP contribution is 2.22. The van der Waals surface area contributed by atoms with Gasteiger partial charge in [-0.05, 0) is 43.2 Å². The topological polar surface area (TPSA) is 92.5 Å². The highest BCUT2D eigenvalue weighted by molar-refractivity contribution is 6.05. The number of likely N-dealkylation sites (tertiary alicyclic amines) is 1. The third-order valence-corrected chi connectivity index (χ3v) is 4.64. The molecular weight excluding hydrogens is 349 g/mol. The first-order valence-electron chi connectivity index (χ1n) is 8.63. The molecule has 0 aromatic heterocycles. The van der Waals surface area contributed by atoms with Gasteiger partial charge in [0.25, 0.3) is 5.91 Å². The van der Waals surface area contributed by atoms with Crippen LogP contribution in [0.3, 0.4) is 0 Å². The Morgan fingerprint density at radius 1 is 1.19 bits per heavy atom. The van der Waals surface area contributed by atoms with Gasteiger partial charge in [0, 0.05) is 41.9 Å². The molecule has 6 nitrogen and oxygen atoms in total. The van der Waals surface area contributed by atoms with Gasteiger partial charge in [0.05, 0.1) is 0 Å². The molecule has 0 saturated carbocycles. The number of nitrogens with one attached hydrogen (secondary N) is 1. The van der Waals surface area contributed by atoms with Crippen LogP contribution in [0.5, 0.6) is 0 Å². The summed E-state index contributed by atoms with van der Waals surface area (Å²) in [5.41, 5.74) is 6.91. The van der Waals surface area contributed by atoms with Crippen molar-refractivity contribution in [2.75, 3.05) is 11.9 Å². The lowest BCUT2D eigenvalue weighted by Crippen LogP contribution is -2.23. The third-order valence-electron chi connectivity index (χ3n) is 4.64. The number of anilines is 1. The molecule has 3 rings (SSSR count). The number of benzene rings is 2. The van der Waals surface area contributed by atoms with E-state index in [1.54, 1.807) is 29.2 Å². The molecule has 0 spiro atoms. The molecule has 7 heteroatoms. The normalized spacial score (nSPS) is 13.7. The standard InChI is InChI=1S/C20H20FN3O3/c1-12-16(21)9-15(19(22)26)10-17(12)23-20(27)14-6-4-13(5-7-14)11-24-8-2-3-18(24)25/h4-7,9-10H,2-3,8,11H2,1H3,(H2,22,26)(H,23,27). The number of carbonyl (C=O) groups excluding carboxylic acids is 3. The van der Waals surface area contributed by atoms with Crippen LogP contribution < -0.4 is 11.1 Å². The minimum atomic E-state index is -0.773. The number of nitrogens with zero attached hydrogens (tertiary/aromatic N) is 1. The second kappa shape index (κ2) is 7.57. The van der Waals surface area contributed by atoms with Crippen molar-refractivity contribution in [3.05, 3.63) is 64.5 Å². The molecule has 0 unspecified atom stereocenters. The molecule has 2 aromatic rings. The summed E-state index contributed by atoms with van der Waals surface area (Å²) in [6.07, 6.45) is 1.46. The van der Waals surface area contributed by atoms with E-state index in [0.29, 0.717) is 18.5 Å². The Morgan fingerprint density at radius 2 is 1.89 bits per heavy atom. The van der Waals surface area contributed by atoms with E-state index in [-0.39, 0.29) is 22.7 Å². The molecule has 1 heterocycles. The summed E-state index contributed by atoms with van der Waals surface area (Å²) in [5, 5.41) is 2.61. The first kappa shape index (κ1) is 18.6. The van der Waals surface area contributed by atoms with Crippen LogP contribution in [0.4, 0.5) is 10.1 Å². The summed E-state index contributed by atoms with van der Waals surface area (Å²) >= 11 is 0. The predicted molar refractivity (Wildman–Crippen MR) is 98.7 cm³/mol. The molecule has 1 aliphatic rings. The zero-order valence-electron chi connectivity index (χ0n) is 14.9. The van der Waals surface area contributed by atoms with Crippen LogP contribution in [0, 0.1) is 12.7 Å². The van der Waals surface area contributed by atoms with Crippen molar-refractivity contribution in [2.24, 2.45) is 5.73 Å². The van der Waals surface area contributed by atoms with E-state index in [9.17, 15) is 18.8 Å². The van der Waals surface area contributed by atoms with E-state index in [1.165, 1.54) is 13.0 Å². The number of halogens is 1. The van der Waals surface area contributed by atoms with Gasteiger partial charge in [-0.15, -0.1) is 0 Å². The number of hydrogen-bond acceptors (Lipinski definition) is 3. The molecule has 0 bridgehead atoms. The number of amides is 3. The van der Waals surface area contributed by atoms with Crippen LogP contribution in [0.1, 0.15) is 44.7 Å². The smallest absolute Gasteiger partial charge is 0.255 e. The highest BCUT2D eigenvalue weighted by atomic mass is 19.1. The zero-order chi connectivity index (χ0) is 19.6. The molecule has 3 amide bonds. The van der Waals surface area contributed by atoms with Gasteiger partial charge in [-0.3, -0.25) is 14.4 Å². The Labute approximate surface area is 156 Å². The van der Waals surface area contributed by atoms with E-state index in [1.807, 2.05) is 0 Å². The quantitative estimate of drug-likeness (QED) is 0.848. The Bertz CT molecular complexity index is 909. The first-order valence-corrected chi connectivity index (χ1v) is 8.63. The lowest BCUT2D eigenvalue weighted by Gasteiger charge is -2.15. The summed E-state index contributed by atoms with van der Waals surface area (Å²) in [4.78, 5) is 37.2. The number of nitrogens with two attached hydrogens (primary N) is 1. The fraction of sp³-hybridized carbons (Fsp3) is 0.250. The van der Waals surface area contributed by atoms with Crippen LogP contribution in [0.2, 0.25) is 0 Å². The van der Waals surface area contributed by atoms with E-state index in [2.05, 4.69) is 5.32 Å². The van der Waals surface area contributed by atoms with E-state index in [4.69, 9.17) is 5.73 Å². The number of carbonyl (C=O) groups is 3. The number of primary amides is 1. The third kappa shape index (κ3) is 4.13. The Balaban J connectivity index is 1.73. The minimum Gasteiger partial charge on any atom is -0.366 e. The molecule has 0 radical (unpaired) electrons. The van der Waals surface area contributed by atoms with Gasteiger partial charge in [-0.1, -0.05) is 12.1 Å². The molecule has 1 aliphatic heterocycles. The van der Waals surface area contributed by atoms with E-state index < -0.39 is 17.6 Å². The van der Waals surface area contributed by atoms with Crippen LogP contribution >= 0.6 is 0 Å². The molecule has 0 aliphatic carbocycles. The van der Waals surface area contributed by atoms with E-state index in [0.717, 1.165) is 24.6 Å². The monoisotopic (exact) mass is 369 g/mol. The minimum absolute atomic E-state index is 0.0148. The average Bonchev–Trinajstić information content (AvgIpc) is 3.04. The first-order chi connectivity index (χ1) is 12.8. The van der Waals surface area contributed by atoms with Gasteiger partial charge in [0.2, 0.25) is 11.8 Å². The summed E-state index contributed by atoms with van der Waals surface area (Å²) in [6, 6.07) is 9.26. The van der Waals surface area contributed by atoms with Crippen molar-refractivity contribution in [1.29, 1.82) is 0 Å². The Kier molecular flexibility index (Phi) is 5.21. The summed E-state index contributed by atoms with van der Waals surface area (Å²) in [5.74, 6) is -1.68. The van der Waals surface area contributed by atoms with Gasteiger partial charge >= 0.3 is 0 Å². The van der Waals surface area contributed by atoms with Crippen molar-refractivity contribution < 1.29 is 18.8 Å². The van der Waals surface area contributed by atoms with Crippen molar-refractivity contribution in [3.8, 4) is 0 Å². The Hall–Kier alpha value is -3.22. The van der Waals surface area contributed by atoms with Crippen molar-refractivity contribution in [1.82, 2.24) is 4.90 Å². The SMILES string of the molecule is Cc1c(F)cc(C(N)=O)cc1NC(=O)c1ccc(CN2CCCC2=O)cc1. The largest absolute Gasteiger partial charge is 0.366 e. The summed E-state index contributed by atoms with van der Waals surface area (Å²) in [7, 11) is 0. The maximum Gasteiger partial charge on any atom is 0.255 e. The molecule has 1 saturated heterocycles. The van der Waals surface area contributed by atoms with Gasteiger partial charge in [0.1, 0.15) is 5.82 Å². The van der Waals surface area contributed by atoms with Gasteiger partial charge in [-0.25, -0.2) is 4.39 Å². The van der Waals surface area contributed by atoms with Crippen molar-refractivity contribution in [3.63, 3.8) is 0 Å². The van der Waals surface area contributed by atoms with Crippen LogP contribution in [-0.2, 0) is 11.3 Å². The molecule has 140 valence electrons. The molecule has 0 atom stereocenters. The second-order valence-corrected chi connectivity index (χ2v) is 6.56. The predicted octanol–water partition coefficient (Wildman–Crippen LogP) is 2.61. The van der Waals surface area contributed by atoms with Crippen molar-refractivity contribution in [2.45, 2.75) is 26.3 Å². The lowest BCUT2D eigenvalue weighted by atomic mass is 10.1. The van der Waals surface area contributed by atoms with Crippen LogP contribution in [-0.4, -0.2) is 29.2 Å². The van der Waals surface area contributed by atoms with E-state index >= 15 is 0 Å². The maximum atomic E-state index is 13.9. The van der Waals surface area contributed by atoms with Crippen LogP contribution in [0.25, 0.3) is 0 Å². The number of hydrogen-bond donors (Lipinski definition) is 2. The van der Waals surface area contributed by atoms with Gasteiger partial charge in [-0.2, -0.15) is 0 Å². The fourth-order valence-electron chi connectivity index (χ4n) is 3.00. The fourth-order valence-corrected chi connectivity index (χ4v) is 3.00. The number of rotatable bonds is 5.